The predicted octanol–water partition coefficient (Wildman–Crippen LogP) is 2.27. The van der Waals surface area contributed by atoms with Crippen LogP contribution < -0.4 is 9.75 Å². The fourth-order valence-electron chi connectivity index (χ4n) is 2.41. The van der Waals surface area contributed by atoms with E-state index in [0.717, 1.165) is 33.9 Å². The summed E-state index contributed by atoms with van der Waals surface area (Å²) in [5.41, 5.74) is 8.51. The number of nitriles is 1. The number of guanidine groups is 1. The second kappa shape index (κ2) is 7.18. The molecule has 0 saturated heterocycles. The largest absolute Gasteiger partial charge is 0.493 e. The number of hydrogen-bond acceptors (Lipinski definition) is 5. The zero-order valence-corrected chi connectivity index (χ0v) is 14.7. The summed E-state index contributed by atoms with van der Waals surface area (Å²) in [6, 6.07) is 9.20. The molecular weight excluding hydrogens is 322 g/mol. The Balaban J connectivity index is 1.48. The minimum atomic E-state index is -0.142. The first kappa shape index (κ1) is 16.7. The van der Waals surface area contributed by atoms with Crippen molar-refractivity contribution in [2.45, 2.75) is 26.3 Å². The van der Waals surface area contributed by atoms with E-state index in [1.54, 1.807) is 23.9 Å². The van der Waals surface area contributed by atoms with E-state index >= 15 is 0 Å². The Labute approximate surface area is 145 Å². The van der Waals surface area contributed by atoms with E-state index in [1.807, 2.05) is 19.1 Å². The van der Waals surface area contributed by atoms with Gasteiger partial charge in [0.25, 0.3) is 0 Å². The summed E-state index contributed by atoms with van der Waals surface area (Å²) >= 11 is 1.64. The number of benzene rings is 1. The fraction of sp³-hybridized carbons (Fsp3) is 0.353. The van der Waals surface area contributed by atoms with Crippen LogP contribution in [-0.4, -0.2) is 29.5 Å². The van der Waals surface area contributed by atoms with Gasteiger partial charge in [0, 0.05) is 18.2 Å². The summed E-state index contributed by atoms with van der Waals surface area (Å²) in [5.74, 6) is 2.30. The van der Waals surface area contributed by atoms with Crippen molar-refractivity contribution >= 4 is 23.4 Å². The van der Waals surface area contributed by atoms with Crippen molar-refractivity contribution in [1.29, 1.82) is 5.26 Å². The molecule has 2 unspecified atom stereocenters. The monoisotopic (exact) mass is 341 g/mol. The van der Waals surface area contributed by atoms with Gasteiger partial charge < -0.3 is 15.2 Å². The van der Waals surface area contributed by atoms with E-state index in [2.05, 4.69) is 35.3 Å². The second-order valence-corrected chi connectivity index (χ2v) is 6.72. The summed E-state index contributed by atoms with van der Waals surface area (Å²) in [4.78, 5) is 9.10. The number of quaternary nitrogens is 1. The minimum absolute atomic E-state index is 0.142. The Hall–Kier alpha value is -2.14. The van der Waals surface area contributed by atoms with Crippen molar-refractivity contribution < 1.29 is 9.75 Å². The lowest BCUT2D eigenvalue weighted by Gasteiger charge is -2.29. The normalized spacial score (nSPS) is 22.6. The second-order valence-electron chi connectivity index (χ2n) is 5.56. The predicted molar refractivity (Wildman–Crippen MR) is 96.1 cm³/mol. The van der Waals surface area contributed by atoms with Crippen molar-refractivity contribution in [2.75, 3.05) is 12.4 Å². The molecule has 1 aromatic carbocycles. The molecule has 0 fully saturated rings. The Morgan fingerprint density at radius 2 is 2.04 bits per heavy atom. The third kappa shape index (κ3) is 3.51. The van der Waals surface area contributed by atoms with Gasteiger partial charge in [0.05, 0.1) is 29.4 Å². The summed E-state index contributed by atoms with van der Waals surface area (Å²) < 4.78 is 5.68. The average Bonchev–Trinajstić information content (AvgIpc) is 3.00. The van der Waals surface area contributed by atoms with Gasteiger partial charge in [-0.25, -0.2) is 4.99 Å². The third-order valence-electron chi connectivity index (χ3n) is 4.02. The molecule has 0 bridgehead atoms. The highest BCUT2D eigenvalue weighted by atomic mass is 32.2. The first-order chi connectivity index (χ1) is 11.6. The summed E-state index contributed by atoms with van der Waals surface area (Å²) in [5, 5.41) is 9.69. The molecule has 2 aliphatic heterocycles. The van der Waals surface area contributed by atoms with E-state index in [1.165, 1.54) is 5.57 Å². The SMILES string of the molecule is CC1=NC2=NC(SCCOc3ccc(C#N)cc3)[N-][NH+]2C(C)=C1C. The molecule has 2 atom stereocenters. The van der Waals surface area contributed by atoms with Crippen LogP contribution in [-0.2, 0) is 0 Å². The Kier molecular flexibility index (Phi) is 5.00. The molecule has 0 aliphatic carbocycles. The van der Waals surface area contributed by atoms with E-state index in [0.29, 0.717) is 12.2 Å². The Morgan fingerprint density at radius 1 is 1.29 bits per heavy atom. The zero-order valence-electron chi connectivity index (χ0n) is 13.9. The van der Waals surface area contributed by atoms with Crippen LogP contribution in [0.5, 0.6) is 5.75 Å². The van der Waals surface area contributed by atoms with Gasteiger partial charge in [-0.15, -0.1) is 11.8 Å². The molecule has 24 heavy (non-hydrogen) atoms. The van der Waals surface area contributed by atoms with Crippen LogP contribution >= 0.6 is 11.8 Å². The summed E-state index contributed by atoms with van der Waals surface area (Å²) in [7, 11) is 0. The number of rotatable bonds is 5. The van der Waals surface area contributed by atoms with Crippen LogP contribution in [0.25, 0.3) is 5.43 Å². The van der Waals surface area contributed by atoms with E-state index in [-0.39, 0.29) is 5.50 Å². The van der Waals surface area contributed by atoms with E-state index in [9.17, 15) is 0 Å². The number of nitrogens with one attached hydrogen (secondary N) is 1. The number of thioether (sulfide) groups is 1. The zero-order chi connectivity index (χ0) is 17.1. The molecule has 6 nitrogen and oxygen atoms in total. The smallest absolute Gasteiger partial charge is 0.317 e. The molecule has 1 aromatic rings. The maximum Gasteiger partial charge on any atom is 0.317 e. The van der Waals surface area contributed by atoms with Gasteiger partial charge in [-0.2, -0.15) is 10.3 Å². The highest BCUT2D eigenvalue weighted by molar-refractivity contribution is 8.00. The van der Waals surface area contributed by atoms with Crippen LogP contribution in [0.3, 0.4) is 0 Å². The van der Waals surface area contributed by atoms with Gasteiger partial charge in [-0.3, -0.25) is 0 Å². The highest BCUT2D eigenvalue weighted by Gasteiger charge is 2.28. The molecule has 7 heteroatoms. The number of ether oxygens (including phenoxy) is 1. The average molecular weight is 341 g/mol. The fourth-order valence-corrected chi connectivity index (χ4v) is 3.16. The van der Waals surface area contributed by atoms with Crippen LogP contribution in [0.1, 0.15) is 26.3 Å². The lowest BCUT2D eigenvalue weighted by molar-refractivity contribution is -0.716. The van der Waals surface area contributed by atoms with Crippen LogP contribution in [0.15, 0.2) is 45.5 Å². The summed E-state index contributed by atoms with van der Waals surface area (Å²) in [6.07, 6.45) is 0. The lowest BCUT2D eigenvalue weighted by atomic mass is 10.1. The third-order valence-corrected chi connectivity index (χ3v) is 4.93. The number of hydrogen-bond donors (Lipinski definition) is 1. The molecule has 0 amide bonds. The molecule has 3 rings (SSSR count). The lowest BCUT2D eigenvalue weighted by Crippen LogP contribution is -3.08. The molecule has 0 radical (unpaired) electrons. The quantitative estimate of drug-likeness (QED) is 0.835. The minimum Gasteiger partial charge on any atom is -0.493 e. The van der Waals surface area contributed by atoms with Crippen molar-refractivity contribution in [3.63, 3.8) is 0 Å². The topological polar surface area (TPSA) is 76.3 Å². The van der Waals surface area contributed by atoms with Gasteiger partial charge in [0.2, 0.25) is 0 Å². The molecule has 0 aromatic heterocycles. The van der Waals surface area contributed by atoms with Gasteiger partial charge >= 0.3 is 5.96 Å². The van der Waals surface area contributed by atoms with E-state index in [4.69, 9.17) is 10.00 Å². The van der Waals surface area contributed by atoms with Crippen molar-refractivity contribution in [3.8, 4) is 11.8 Å². The van der Waals surface area contributed by atoms with Crippen molar-refractivity contribution in [2.24, 2.45) is 9.98 Å². The van der Waals surface area contributed by atoms with Gasteiger partial charge in [-0.05, 0) is 38.1 Å². The van der Waals surface area contributed by atoms with Crippen LogP contribution in [0.4, 0.5) is 0 Å². The maximum atomic E-state index is 8.77. The molecule has 0 saturated carbocycles. The molecule has 2 aliphatic rings. The summed E-state index contributed by atoms with van der Waals surface area (Å²) in [6.45, 7) is 6.71. The van der Waals surface area contributed by atoms with Crippen LogP contribution in [0, 0.1) is 11.3 Å². The molecule has 124 valence electrons. The maximum absolute atomic E-state index is 8.77. The molecule has 1 N–H and O–H groups in total. The Bertz CT molecular complexity index is 760. The standard InChI is InChI=1S/C17H19N5OS/c1-11-12(2)19-16-20-17(21-22(16)13(11)3)24-9-8-23-15-6-4-14(10-18)5-7-15/h4-7,17,22H,8-9H2,1-3H3. The van der Waals surface area contributed by atoms with Gasteiger partial charge in [-0.1, -0.05) is 0 Å². The van der Waals surface area contributed by atoms with Crippen molar-refractivity contribution in [1.82, 2.24) is 0 Å². The first-order valence-electron chi connectivity index (χ1n) is 7.72. The molecular formula is C17H19N5OS. The number of fused-ring (bicyclic) bond motifs is 1. The molecule has 0 spiro atoms. The van der Waals surface area contributed by atoms with Gasteiger partial charge in [0.1, 0.15) is 11.4 Å². The highest BCUT2D eigenvalue weighted by Crippen LogP contribution is 2.22. The van der Waals surface area contributed by atoms with Crippen LogP contribution in [0.2, 0.25) is 0 Å². The van der Waals surface area contributed by atoms with E-state index < -0.39 is 0 Å². The van der Waals surface area contributed by atoms with Gasteiger partial charge in [0.15, 0.2) is 0 Å². The van der Waals surface area contributed by atoms with Crippen molar-refractivity contribution in [3.05, 3.63) is 46.5 Å². The first-order valence-corrected chi connectivity index (χ1v) is 8.77. The number of nitrogens with zero attached hydrogens (tertiary/aromatic N) is 4. The number of aliphatic imine (C=N–C) groups is 2. The number of allylic oxidation sites excluding steroid dienone is 2. The Morgan fingerprint density at radius 3 is 2.75 bits per heavy atom. The molecule has 2 heterocycles.